The highest BCUT2D eigenvalue weighted by atomic mass is 33.1. The van der Waals surface area contributed by atoms with Crippen molar-refractivity contribution in [1.82, 2.24) is 21.1 Å². The number of imide groups is 1. The number of likely N-dealkylation sites (tertiary alicyclic amines) is 1. The molecule has 0 saturated carbocycles. The van der Waals surface area contributed by atoms with Crippen molar-refractivity contribution in [3.8, 4) is 0 Å². The Hall–Kier alpha value is -1.30. The molecule has 4 amide bonds. The van der Waals surface area contributed by atoms with Gasteiger partial charge in [0.25, 0.3) is 0 Å². The van der Waals surface area contributed by atoms with Crippen molar-refractivity contribution in [2.24, 2.45) is 11.3 Å². The van der Waals surface area contributed by atoms with Crippen LogP contribution in [0.5, 0.6) is 0 Å². The summed E-state index contributed by atoms with van der Waals surface area (Å²) in [5.74, 6) is -0.520. The van der Waals surface area contributed by atoms with Gasteiger partial charge in [-0.05, 0) is 40.0 Å². The molecule has 184 valence electrons. The minimum atomic E-state index is -0.720. The molecule has 0 spiro atoms. The molecule has 0 aromatic carbocycles. The number of carbonyl (C=O) groups is 4. The van der Waals surface area contributed by atoms with Gasteiger partial charge in [0, 0.05) is 32.5 Å². The van der Waals surface area contributed by atoms with Crippen molar-refractivity contribution < 1.29 is 23.9 Å². The quantitative estimate of drug-likeness (QED) is 0.127. The maximum Gasteiger partial charge on any atom is 0.243 e. The van der Waals surface area contributed by atoms with E-state index in [-0.39, 0.29) is 49.6 Å². The molecule has 0 aromatic rings. The van der Waals surface area contributed by atoms with Gasteiger partial charge >= 0.3 is 0 Å². The summed E-state index contributed by atoms with van der Waals surface area (Å²) in [6.45, 7) is 12.9. The van der Waals surface area contributed by atoms with Crippen LogP contribution in [0.4, 0.5) is 0 Å². The van der Waals surface area contributed by atoms with Gasteiger partial charge in [0.2, 0.25) is 23.6 Å². The van der Waals surface area contributed by atoms with E-state index in [0.717, 1.165) is 15.7 Å². The van der Waals surface area contributed by atoms with Gasteiger partial charge < -0.3 is 10.1 Å². The van der Waals surface area contributed by atoms with Crippen LogP contribution in [-0.2, 0) is 23.9 Å². The van der Waals surface area contributed by atoms with Gasteiger partial charge in [-0.1, -0.05) is 24.6 Å². The normalized spacial score (nSPS) is 17.2. The molecule has 0 aromatic heterocycles. The van der Waals surface area contributed by atoms with E-state index in [1.165, 1.54) is 0 Å². The van der Waals surface area contributed by atoms with Crippen LogP contribution in [0.2, 0.25) is 0 Å². The van der Waals surface area contributed by atoms with Gasteiger partial charge in [-0.2, -0.15) is 0 Å². The number of nitrogens with zero attached hydrogens (tertiary/aromatic N) is 1. The molecule has 11 heteroatoms. The third kappa shape index (κ3) is 9.68. The van der Waals surface area contributed by atoms with E-state index >= 15 is 0 Å². The Bertz CT molecular complexity index is 685. The van der Waals surface area contributed by atoms with Crippen LogP contribution in [0, 0.1) is 11.3 Å². The maximum atomic E-state index is 12.4. The first-order valence-corrected chi connectivity index (χ1v) is 12.8. The fraction of sp³-hybridized carbons (Fsp3) is 0.810. The smallest absolute Gasteiger partial charge is 0.243 e. The number of rotatable bonds is 14. The third-order valence-electron chi connectivity index (χ3n) is 5.09. The van der Waals surface area contributed by atoms with Crippen LogP contribution < -0.4 is 16.2 Å². The van der Waals surface area contributed by atoms with E-state index in [9.17, 15) is 19.2 Å². The summed E-state index contributed by atoms with van der Waals surface area (Å²) < 4.78 is 5.97. The molecular weight excluding hydrogens is 452 g/mol. The van der Waals surface area contributed by atoms with Crippen molar-refractivity contribution in [3.63, 3.8) is 0 Å². The first-order chi connectivity index (χ1) is 14.8. The second-order valence-corrected chi connectivity index (χ2v) is 11.1. The Balaban J connectivity index is 2.33. The summed E-state index contributed by atoms with van der Waals surface area (Å²) in [6, 6.07) is 0. The molecule has 0 radical (unpaired) electrons. The fourth-order valence-electron chi connectivity index (χ4n) is 2.79. The monoisotopic (exact) mass is 490 g/mol. The number of ether oxygens (including phenoxy) is 1. The van der Waals surface area contributed by atoms with Gasteiger partial charge in [0.15, 0.2) is 0 Å². The largest absolute Gasteiger partial charge is 0.374 e. The molecule has 1 rings (SSSR count). The van der Waals surface area contributed by atoms with Gasteiger partial charge in [-0.25, -0.2) is 5.43 Å². The Kier molecular flexibility index (Phi) is 11.5. The van der Waals surface area contributed by atoms with Crippen molar-refractivity contribution >= 4 is 46.1 Å². The van der Waals surface area contributed by atoms with E-state index < -0.39 is 16.3 Å². The summed E-state index contributed by atoms with van der Waals surface area (Å²) in [7, 11) is 1.05. The topological polar surface area (TPSA) is 117 Å². The fourth-order valence-corrected chi connectivity index (χ4v) is 3.72. The number of hydrogen-bond acceptors (Lipinski definition) is 8. The molecule has 1 fully saturated rings. The van der Waals surface area contributed by atoms with Gasteiger partial charge in [0.1, 0.15) is 5.25 Å². The summed E-state index contributed by atoms with van der Waals surface area (Å²) in [5.41, 5.74) is 4.37. The summed E-state index contributed by atoms with van der Waals surface area (Å²) >= 11 is 4.01. The van der Waals surface area contributed by atoms with Crippen molar-refractivity contribution in [1.29, 1.82) is 0 Å². The first-order valence-electron chi connectivity index (χ1n) is 10.9. The summed E-state index contributed by atoms with van der Waals surface area (Å²) in [5, 5.41) is 2.33. The average molecular weight is 491 g/mol. The highest BCUT2D eigenvalue weighted by Gasteiger charge is 2.38. The lowest BCUT2D eigenvalue weighted by Gasteiger charge is -2.31. The lowest BCUT2D eigenvalue weighted by molar-refractivity contribution is -0.139. The highest BCUT2D eigenvalue weighted by molar-refractivity contribution is 8.69. The lowest BCUT2D eigenvalue weighted by Crippen LogP contribution is -2.48. The SMILES string of the molecule is CC(C)CNNC(=O)C(C)(C)COC(C)(C)CCNC(=O)CCN1C(=O)CC(SS)C1=O. The van der Waals surface area contributed by atoms with Crippen LogP contribution in [0.15, 0.2) is 0 Å². The molecule has 9 nitrogen and oxygen atoms in total. The number of carbonyl (C=O) groups excluding carboxylic acids is 4. The maximum absolute atomic E-state index is 12.4. The van der Waals surface area contributed by atoms with E-state index in [0.29, 0.717) is 25.4 Å². The van der Waals surface area contributed by atoms with Crippen molar-refractivity contribution in [3.05, 3.63) is 0 Å². The van der Waals surface area contributed by atoms with Crippen molar-refractivity contribution in [2.45, 2.75) is 71.7 Å². The Morgan fingerprint density at radius 3 is 2.47 bits per heavy atom. The minimum Gasteiger partial charge on any atom is -0.374 e. The molecule has 3 N–H and O–H groups in total. The molecule has 1 atom stereocenters. The van der Waals surface area contributed by atoms with Gasteiger partial charge in [-0.3, -0.25) is 29.5 Å². The van der Waals surface area contributed by atoms with Gasteiger partial charge in [-0.15, -0.1) is 11.7 Å². The van der Waals surface area contributed by atoms with E-state index in [4.69, 9.17) is 4.74 Å². The number of nitrogens with one attached hydrogen (secondary N) is 3. The number of hydrogen-bond donors (Lipinski definition) is 4. The third-order valence-corrected chi connectivity index (χ3v) is 6.48. The first kappa shape index (κ1) is 28.7. The zero-order valence-electron chi connectivity index (χ0n) is 19.9. The highest BCUT2D eigenvalue weighted by Crippen LogP contribution is 2.27. The second-order valence-electron chi connectivity index (χ2n) is 9.69. The van der Waals surface area contributed by atoms with E-state index in [1.54, 1.807) is 0 Å². The minimum absolute atomic E-state index is 0.0549. The average Bonchev–Trinajstić information content (AvgIpc) is 2.97. The lowest BCUT2D eigenvalue weighted by atomic mass is 9.93. The molecule has 32 heavy (non-hydrogen) atoms. The zero-order chi connectivity index (χ0) is 24.5. The molecule has 1 saturated heterocycles. The number of amides is 4. The molecule has 1 aliphatic heterocycles. The van der Waals surface area contributed by atoms with Crippen LogP contribution in [0.25, 0.3) is 0 Å². The number of thiol groups is 1. The van der Waals surface area contributed by atoms with Crippen LogP contribution in [-0.4, -0.2) is 65.6 Å². The molecule has 1 heterocycles. The standard InChI is InChI=1S/C21H38N4O5S2/c1-14(2)12-23-24-19(29)20(3,4)13-30-21(5,6)8-9-22-16(26)7-10-25-17(27)11-15(32-31)18(25)28/h14-15,23,31H,7-13H2,1-6H3,(H,22,26)(H,24,29). The second kappa shape index (κ2) is 12.8. The number of hydrazine groups is 1. The van der Waals surface area contributed by atoms with E-state index in [2.05, 4.69) is 41.7 Å². The molecule has 1 aliphatic rings. The summed E-state index contributed by atoms with van der Waals surface area (Å²) in [4.78, 5) is 49.5. The van der Waals surface area contributed by atoms with Crippen LogP contribution >= 0.6 is 22.5 Å². The Labute approximate surface area is 200 Å². The molecular formula is C21H38N4O5S2. The Morgan fingerprint density at radius 1 is 1.25 bits per heavy atom. The van der Waals surface area contributed by atoms with Crippen LogP contribution in [0.1, 0.15) is 60.8 Å². The predicted molar refractivity (Wildman–Crippen MR) is 129 cm³/mol. The predicted octanol–water partition coefficient (Wildman–Crippen LogP) is 1.69. The molecule has 0 bridgehead atoms. The Morgan fingerprint density at radius 2 is 1.91 bits per heavy atom. The van der Waals surface area contributed by atoms with Crippen molar-refractivity contribution in [2.75, 3.05) is 26.2 Å². The molecule has 0 aliphatic carbocycles. The van der Waals surface area contributed by atoms with Crippen LogP contribution in [0.3, 0.4) is 0 Å². The molecule has 1 unspecified atom stereocenters. The summed E-state index contributed by atoms with van der Waals surface area (Å²) in [6.07, 6.45) is 0.726. The zero-order valence-corrected chi connectivity index (χ0v) is 21.7. The van der Waals surface area contributed by atoms with Gasteiger partial charge in [0.05, 0.1) is 17.6 Å². The van der Waals surface area contributed by atoms with E-state index in [1.807, 2.05) is 27.7 Å².